The molecule has 28 heavy (non-hydrogen) atoms. The maximum Gasteiger partial charge on any atom is 0.277 e. The van der Waals surface area contributed by atoms with Gasteiger partial charge < -0.3 is 15.0 Å². The van der Waals surface area contributed by atoms with E-state index in [0.717, 1.165) is 5.52 Å². The van der Waals surface area contributed by atoms with E-state index in [0.29, 0.717) is 5.39 Å². The average molecular weight is 383 g/mol. The molecule has 3 aromatic rings. The van der Waals surface area contributed by atoms with Crippen LogP contribution in [-0.4, -0.2) is 23.0 Å². The lowest BCUT2D eigenvalue weighted by molar-refractivity contribution is -0.385. The van der Waals surface area contributed by atoms with Crippen LogP contribution in [0.15, 0.2) is 60.9 Å². The van der Waals surface area contributed by atoms with E-state index in [1.54, 1.807) is 18.2 Å². The highest BCUT2D eigenvalue weighted by atomic mass is 19.1. The van der Waals surface area contributed by atoms with Crippen LogP contribution in [0.5, 0.6) is 0 Å². The molecule has 0 aliphatic carbocycles. The fraction of sp³-hybridized carbons (Fsp3) is 0.158. The van der Waals surface area contributed by atoms with Crippen molar-refractivity contribution in [2.45, 2.75) is 11.8 Å². The number of para-hydroxylation sites is 2. The minimum Gasteiger partial charge on any atom is -0.361 e. The number of nitro benzene ring substituents is 1. The number of hydrogen-bond acceptors (Lipinski definition) is 6. The number of aromatic nitrogens is 1. The summed E-state index contributed by atoms with van der Waals surface area (Å²) in [7, 11) is 1.32. The third kappa shape index (κ3) is 2.73. The van der Waals surface area contributed by atoms with Crippen LogP contribution in [0.3, 0.4) is 0 Å². The van der Waals surface area contributed by atoms with Crippen molar-refractivity contribution < 1.29 is 14.1 Å². The number of hydrogen-bond donors (Lipinski definition) is 4. The Morgan fingerprint density at radius 1 is 1.18 bits per heavy atom. The third-order valence-electron chi connectivity index (χ3n) is 4.83. The summed E-state index contributed by atoms with van der Waals surface area (Å²) >= 11 is 0. The number of aromatic amines is 1. The molecule has 2 heterocycles. The second-order valence-corrected chi connectivity index (χ2v) is 6.45. The lowest BCUT2D eigenvalue weighted by Crippen LogP contribution is -2.70. The van der Waals surface area contributed by atoms with Gasteiger partial charge in [0.05, 0.1) is 10.5 Å². The molecule has 0 fully saturated rings. The molecule has 144 valence electrons. The molecule has 2 aromatic carbocycles. The molecule has 1 aliphatic rings. The Morgan fingerprint density at radius 2 is 1.89 bits per heavy atom. The number of H-pyrrole nitrogens is 1. The first-order valence-corrected chi connectivity index (χ1v) is 8.49. The first-order valence-electron chi connectivity index (χ1n) is 8.49. The summed E-state index contributed by atoms with van der Waals surface area (Å²) in [6, 6.07) is 13.1. The van der Waals surface area contributed by atoms with E-state index < -0.39 is 16.7 Å². The zero-order chi connectivity index (χ0) is 19.9. The molecule has 5 N–H and O–H groups in total. The SMILES string of the molecule is COC1(N)NC=C(c2ccccc2[N+](=O)[O-])C(F)(c2c[nH]c3ccccc23)N1. The second-order valence-electron chi connectivity index (χ2n) is 6.45. The van der Waals surface area contributed by atoms with Crippen molar-refractivity contribution in [1.29, 1.82) is 0 Å². The molecule has 0 radical (unpaired) electrons. The average Bonchev–Trinajstić information content (AvgIpc) is 3.13. The molecule has 2 unspecified atom stereocenters. The van der Waals surface area contributed by atoms with Gasteiger partial charge in [-0.1, -0.05) is 30.3 Å². The zero-order valence-electron chi connectivity index (χ0n) is 14.9. The maximum absolute atomic E-state index is 16.7. The number of alkyl halides is 1. The highest BCUT2D eigenvalue weighted by molar-refractivity contribution is 5.89. The summed E-state index contributed by atoms with van der Waals surface area (Å²) in [5, 5.41) is 17.5. The van der Waals surface area contributed by atoms with Crippen LogP contribution in [0.4, 0.5) is 10.1 Å². The summed E-state index contributed by atoms with van der Waals surface area (Å²) in [4.78, 5) is 14.0. The van der Waals surface area contributed by atoms with Gasteiger partial charge in [0.2, 0.25) is 5.79 Å². The Labute approximate surface area is 159 Å². The Kier molecular flexibility index (Phi) is 4.15. The first-order chi connectivity index (χ1) is 13.4. The van der Waals surface area contributed by atoms with Crippen LogP contribution in [0.1, 0.15) is 11.1 Å². The van der Waals surface area contributed by atoms with Gasteiger partial charge in [0.1, 0.15) is 0 Å². The van der Waals surface area contributed by atoms with Crippen molar-refractivity contribution in [3.8, 4) is 0 Å². The van der Waals surface area contributed by atoms with E-state index in [-0.39, 0.29) is 22.4 Å². The van der Waals surface area contributed by atoms with E-state index in [4.69, 9.17) is 10.5 Å². The van der Waals surface area contributed by atoms with Gasteiger partial charge in [-0.25, -0.2) is 9.71 Å². The molecule has 0 saturated heterocycles. The summed E-state index contributed by atoms with van der Waals surface area (Å²) in [6.07, 6.45) is 2.83. The monoisotopic (exact) mass is 383 g/mol. The molecule has 9 heteroatoms. The predicted molar refractivity (Wildman–Crippen MR) is 102 cm³/mol. The van der Waals surface area contributed by atoms with Crippen molar-refractivity contribution in [3.05, 3.63) is 82.2 Å². The number of nitro groups is 1. The zero-order valence-corrected chi connectivity index (χ0v) is 14.9. The molecular weight excluding hydrogens is 365 g/mol. The van der Waals surface area contributed by atoms with E-state index in [9.17, 15) is 10.1 Å². The molecular formula is C19H18FN5O3. The summed E-state index contributed by atoms with van der Waals surface area (Å²) in [5.74, 6) is -4.08. The Bertz CT molecular complexity index is 1100. The van der Waals surface area contributed by atoms with E-state index >= 15 is 4.39 Å². The molecule has 1 aromatic heterocycles. The highest BCUT2D eigenvalue weighted by Crippen LogP contribution is 2.45. The molecule has 0 saturated carbocycles. The van der Waals surface area contributed by atoms with Gasteiger partial charge in [0.25, 0.3) is 11.7 Å². The number of benzene rings is 2. The minimum atomic E-state index is -2.37. The van der Waals surface area contributed by atoms with Crippen LogP contribution in [0.25, 0.3) is 16.5 Å². The van der Waals surface area contributed by atoms with Gasteiger partial charge in [-0.15, -0.1) is 0 Å². The standard InChI is InChI=1S/C19H18FN5O3/c1-28-19(21)23-11-15(13-7-3-5-9-17(13)25(26)27)18(20,24-19)14-10-22-16-8-4-2-6-12(14)16/h2-11,22-24H,21H2,1H3. The van der Waals surface area contributed by atoms with Crippen molar-refractivity contribution >= 4 is 22.2 Å². The predicted octanol–water partition coefficient (Wildman–Crippen LogP) is 2.65. The van der Waals surface area contributed by atoms with Gasteiger partial charge in [0.15, 0.2) is 0 Å². The second kappa shape index (κ2) is 6.41. The number of nitrogens with one attached hydrogen (secondary N) is 3. The van der Waals surface area contributed by atoms with Gasteiger partial charge >= 0.3 is 0 Å². The number of methoxy groups -OCH3 is 1. The molecule has 1 aliphatic heterocycles. The maximum atomic E-state index is 16.7. The molecule has 2 atom stereocenters. The Hall–Kier alpha value is -3.27. The van der Waals surface area contributed by atoms with Crippen LogP contribution in [0, 0.1) is 10.1 Å². The summed E-state index contributed by atoms with van der Waals surface area (Å²) in [5.41, 5.74) is 6.92. The number of nitrogens with two attached hydrogens (primary N) is 1. The molecule has 0 bridgehead atoms. The first kappa shape index (κ1) is 18.1. The van der Waals surface area contributed by atoms with Crippen molar-refractivity contribution in [2.75, 3.05) is 7.11 Å². The molecule has 0 spiro atoms. The lowest BCUT2D eigenvalue weighted by atomic mass is 9.88. The molecule has 4 rings (SSSR count). The third-order valence-corrected chi connectivity index (χ3v) is 4.83. The summed E-state index contributed by atoms with van der Waals surface area (Å²) in [6.45, 7) is 0. The van der Waals surface area contributed by atoms with Crippen LogP contribution in [0.2, 0.25) is 0 Å². The Balaban J connectivity index is 1.97. The van der Waals surface area contributed by atoms with E-state index in [1.807, 2.05) is 12.1 Å². The number of fused-ring (bicyclic) bond motifs is 1. The van der Waals surface area contributed by atoms with E-state index in [2.05, 4.69) is 15.6 Å². The van der Waals surface area contributed by atoms with Crippen molar-refractivity contribution in [1.82, 2.24) is 15.6 Å². The minimum absolute atomic E-state index is 0.0164. The quantitative estimate of drug-likeness (QED) is 0.238. The number of ether oxygens (including phenoxy) is 1. The van der Waals surface area contributed by atoms with Crippen LogP contribution in [-0.2, 0) is 10.5 Å². The number of nitrogens with zero attached hydrogens (tertiary/aromatic N) is 1. The smallest absolute Gasteiger partial charge is 0.277 e. The van der Waals surface area contributed by atoms with Gasteiger partial charge in [-0.2, -0.15) is 0 Å². The summed E-state index contributed by atoms with van der Waals surface area (Å²) < 4.78 is 21.9. The Morgan fingerprint density at radius 3 is 2.64 bits per heavy atom. The van der Waals surface area contributed by atoms with Gasteiger partial charge in [-0.05, 0) is 12.1 Å². The van der Waals surface area contributed by atoms with Crippen molar-refractivity contribution in [2.24, 2.45) is 5.73 Å². The molecule has 8 nitrogen and oxygen atoms in total. The van der Waals surface area contributed by atoms with Crippen molar-refractivity contribution in [3.63, 3.8) is 0 Å². The van der Waals surface area contributed by atoms with Gasteiger partial charge in [-0.3, -0.25) is 15.8 Å². The fourth-order valence-electron chi connectivity index (χ4n) is 3.44. The number of rotatable bonds is 4. The topological polar surface area (TPSA) is 118 Å². The fourth-order valence-corrected chi connectivity index (χ4v) is 3.44. The lowest BCUT2D eigenvalue weighted by Gasteiger charge is -2.42. The van der Waals surface area contributed by atoms with Gasteiger partial charge in [0, 0.05) is 47.6 Å². The largest absolute Gasteiger partial charge is 0.361 e. The molecule has 0 amide bonds. The van der Waals surface area contributed by atoms with Crippen LogP contribution >= 0.6 is 0 Å². The van der Waals surface area contributed by atoms with E-state index in [1.165, 1.54) is 37.7 Å². The van der Waals surface area contributed by atoms with Crippen LogP contribution < -0.4 is 16.4 Å². The normalized spacial score (nSPS) is 24.6. The number of halogens is 1. The highest BCUT2D eigenvalue weighted by Gasteiger charge is 2.49.